The number of ether oxygens (including phenoxy) is 3. The zero-order chi connectivity index (χ0) is 47.9. The molecule has 1 unspecified atom stereocenters. The van der Waals surface area contributed by atoms with Crippen molar-refractivity contribution in [2.45, 2.75) is 239 Å². The van der Waals surface area contributed by atoms with Gasteiger partial charge in [0.2, 0.25) is 0 Å². The molecule has 0 amide bonds. The zero-order valence-electron chi connectivity index (χ0n) is 42.7. The number of allylic oxidation sites excluding steroid dienone is 18. The van der Waals surface area contributed by atoms with Crippen LogP contribution in [0.1, 0.15) is 233 Å². The van der Waals surface area contributed by atoms with E-state index in [1.807, 2.05) is 0 Å². The highest BCUT2D eigenvalue weighted by atomic mass is 16.6. The maximum absolute atomic E-state index is 12.8. The molecule has 0 aliphatic carbocycles. The van der Waals surface area contributed by atoms with Crippen LogP contribution in [0.15, 0.2) is 109 Å². The summed E-state index contributed by atoms with van der Waals surface area (Å²) in [6.07, 6.45) is 72.2. The Kier molecular flexibility index (Phi) is 50.5. The van der Waals surface area contributed by atoms with Crippen molar-refractivity contribution in [1.29, 1.82) is 0 Å². The molecule has 0 aromatic heterocycles. The molecular formula is C60H98O6. The normalized spacial score (nSPS) is 13.0. The number of hydrogen-bond donors (Lipinski definition) is 0. The van der Waals surface area contributed by atoms with Crippen LogP contribution in [-0.2, 0) is 28.6 Å². The third-order valence-corrected chi connectivity index (χ3v) is 11.0. The van der Waals surface area contributed by atoms with Crippen molar-refractivity contribution < 1.29 is 28.6 Å². The molecule has 0 spiro atoms. The number of esters is 3. The van der Waals surface area contributed by atoms with Gasteiger partial charge in [0.1, 0.15) is 13.2 Å². The van der Waals surface area contributed by atoms with E-state index in [2.05, 4.69) is 130 Å². The molecule has 66 heavy (non-hydrogen) atoms. The highest BCUT2D eigenvalue weighted by Gasteiger charge is 2.19. The lowest BCUT2D eigenvalue weighted by Crippen LogP contribution is -2.30. The molecule has 0 N–H and O–H groups in total. The van der Waals surface area contributed by atoms with E-state index in [0.29, 0.717) is 25.7 Å². The van der Waals surface area contributed by atoms with Gasteiger partial charge in [-0.1, -0.05) is 201 Å². The van der Waals surface area contributed by atoms with Crippen LogP contribution in [-0.4, -0.2) is 37.2 Å². The first-order chi connectivity index (χ1) is 32.5. The minimum atomic E-state index is -0.820. The Morgan fingerprint density at radius 2 is 0.591 bits per heavy atom. The predicted molar refractivity (Wildman–Crippen MR) is 283 cm³/mol. The maximum atomic E-state index is 12.8. The Balaban J connectivity index is 4.51. The smallest absolute Gasteiger partial charge is 0.306 e. The molecule has 0 aliphatic heterocycles. The van der Waals surface area contributed by atoms with Crippen molar-refractivity contribution in [2.24, 2.45) is 0 Å². The second-order valence-corrected chi connectivity index (χ2v) is 17.4. The summed E-state index contributed by atoms with van der Waals surface area (Å²) in [6.45, 7) is 6.33. The topological polar surface area (TPSA) is 78.9 Å². The van der Waals surface area contributed by atoms with Crippen LogP contribution < -0.4 is 0 Å². The van der Waals surface area contributed by atoms with Gasteiger partial charge >= 0.3 is 17.9 Å². The molecule has 6 heteroatoms. The minimum Gasteiger partial charge on any atom is -0.462 e. The molecule has 0 bridgehead atoms. The Morgan fingerprint density at radius 1 is 0.318 bits per heavy atom. The Labute approximate surface area is 406 Å². The first-order valence-electron chi connectivity index (χ1n) is 26.9. The molecule has 0 aliphatic rings. The van der Waals surface area contributed by atoms with Crippen LogP contribution in [0, 0.1) is 0 Å². The second kappa shape index (κ2) is 53.7. The second-order valence-electron chi connectivity index (χ2n) is 17.4. The molecule has 0 aromatic rings. The summed E-state index contributed by atoms with van der Waals surface area (Å²) in [7, 11) is 0. The fourth-order valence-corrected chi connectivity index (χ4v) is 7.01. The van der Waals surface area contributed by atoms with E-state index in [0.717, 1.165) is 96.3 Å². The molecule has 0 saturated heterocycles. The van der Waals surface area contributed by atoms with Crippen molar-refractivity contribution in [3.8, 4) is 0 Å². The number of hydrogen-bond acceptors (Lipinski definition) is 6. The van der Waals surface area contributed by atoms with Crippen LogP contribution >= 0.6 is 0 Å². The molecule has 0 fully saturated rings. The third kappa shape index (κ3) is 51.1. The summed E-state index contributed by atoms with van der Waals surface area (Å²) < 4.78 is 16.7. The van der Waals surface area contributed by atoms with E-state index in [4.69, 9.17) is 14.2 Å². The molecule has 0 rings (SSSR count). The molecule has 0 heterocycles. The third-order valence-electron chi connectivity index (χ3n) is 11.0. The largest absolute Gasteiger partial charge is 0.462 e. The highest BCUT2D eigenvalue weighted by Crippen LogP contribution is 2.13. The van der Waals surface area contributed by atoms with Crippen molar-refractivity contribution in [3.05, 3.63) is 109 Å². The van der Waals surface area contributed by atoms with Gasteiger partial charge in [-0.15, -0.1) is 0 Å². The fraction of sp³-hybridized carbons (Fsp3) is 0.650. The lowest BCUT2D eigenvalue weighted by molar-refractivity contribution is -0.167. The lowest BCUT2D eigenvalue weighted by atomic mass is 10.1. The summed E-state index contributed by atoms with van der Waals surface area (Å²) in [5.74, 6) is -1.00. The van der Waals surface area contributed by atoms with Gasteiger partial charge in [-0.25, -0.2) is 0 Å². The number of rotatable bonds is 47. The number of carbonyl (C=O) groups excluding carboxylic acids is 3. The lowest BCUT2D eigenvalue weighted by Gasteiger charge is -2.18. The Morgan fingerprint density at radius 3 is 0.970 bits per heavy atom. The van der Waals surface area contributed by atoms with Crippen molar-refractivity contribution in [1.82, 2.24) is 0 Å². The summed E-state index contributed by atoms with van der Waals surface area (Å²) in [4.78, 5) is 38.0. The summed E-state index contributed by atoms with van der Waals surface area (Å²) in [5, 5.41) is 0. The van der Waals surface area contributed by atoms with Gasteiger partial charge in [0, 0.05) is 19.3 Å². The SMILES string of the molecule is CC/C=C\C/C=C\C/C=C\C/C=C\CCCCC(=O)OCC(COC(=O)CCCCCCCCC/C=C\CCCCCCCCC)OC(=O)CCCC/C=C\C/C=C\C/C=C\C/C=C\CC. The summed E-state index contributed by atoms with van der Waals surface area (Å²) in [5.41, 5.74) is 0. The van der Waals surface area contributed by atoms with Gasteiger partial charge in [-0.05, 0) is 122 Å². The predicted octanol–water partition coefficient (Wildman–Crippen LogP) is 17.9. The first kappa shape index (κ1) is 62.1. The van der Waals surface area contributed by atoms with Gasteiger partial charge in [0.15, 0.2) is 6.10 Å². The Bertz CT molecular complexity index is 1370. The quantitative estimate of drug-likeness (QED) is 0.0262. The molecule has 0 radical (unpaired) electrons. The van der Waals surface area contributed by atoms with Crippen molar-refractivity contribution >= 4 is 17.9 Å². The molecule has 6 nitrogen and oxygen atoms in total. The molecular weight excluding hydrogens is 817 g/mol. The standard InChI is InChI=1S/C60H98O6/c1-4-7-10-13-16-19-22-25-28-29-30-33-35-38-41-44-47-50-53-59(62)65-56-57(66-60(63)54-51-48-45-42-39-36-32-27-24-21-18-15-12-9-6-3)55-64-58(61)52-49-46-43-40-37-34-31-26-23-20-17-14-11-8-5-2/h8-9,11-12,17-18,20-21,26-29,31-32,37,39-40,42,57H,4-7,10,13-16,19,22-25,30,33-36,38,41,43-56H2,1-3H3/b11-8-,12-9-,20-17-,21-18-,29-28-,31-26-,32-27-,40-37-,42-39-. The van der Waals surface area contributed by atoms with Crippen molar-refractivity contribution in [3.63, 3.8) is 0 Å². The van der Waals surface area contributed by atoms with E-state index >= 15 is 0 Å². The average molecular weight is 915 g/mol. The van der Waals surface area contributed by atoms with E-state index in [1.54, 1.807) is 0 Å². The van der Waals surface area contributed by atoms with E-state index in [1.165, 1.54) is 83.5 Å². The van der Waals surface area contributed by atoms with Crippen molar-refractivity contribution in [2.75, 3.05) is 13.2 Å². The van der Waals surface area contributed by atoms with Crippen LogP contribution in [0.4, 0.5) is 0 Å². The Hall–Kier alpha value is -3.93. The van der Waals surface area contributed by atoms with E-state index in [9.17, 15) is 14.4 Å². The van der Waals surface area contributed by atoms with E-state index < -0.39 is 6.10 Å². The van der Waals surface area contributed by atoms with Crippen LogP contribution in [0.25, 0.3) is 0 Å². The fourth-order valence-electron chi connectivity index (χ4n) is 7.01. The van der Waals surface area contributed by atoms with Gasteiger partial charge < -0.3 is 14.2 Å². The minimum absolute atomic E-state index is 0.112. The highest BCUT2D eigenvalue weighted by molar-refractivity contribution is 5.71. The van der Waals surface area contributed by atoms with Crippen LogP contribution in [0.2, 0.25) is 0 Å². The van der Waals surface area contributed by atoms with Gasteiger partial charge in [0.05, 0.1) is 0 Å². The zero-order valence-corrected chi connectivity index (χ0v) is 42.7. The number of unbranched alkanes of at least 4 members (excludes halogenated alkanes) is 18. The molecule has 1 atom stereocenters. The van der Waals surface area contributed by atoms with Gasteiger partial charge in [-0.3, -0.25) is 14.4 Å². The van der Waals surface area contributed by atoms with Gasteiger partial charge in [0.25, 0.3) is 0 Å². The van der Waals surface area contributed by atoms with Crippen LogP contribution in [0.5, 0.6) is 0 Å². The monoisotopic (exact) mass is 915 g/mol. The molecule has 374 valence electrons. The van der Waals surface area contributed by atoms with E-state index in [-0.39, 0.29) is 37.5 Å². The first-order valence-corrected chi connectivity index (χ1v) is 26.9. The molecule has 0 saturated carbocycles. The maximum Gasteiger partial charge on any atom is 0.306 e. The van der Waals surface area contributed by atoms with Gasteiger partial charge in [-0.2, -0.15) is 0 Å². The average Bonchev–Trinajstić information content (AvgIpc) is 3.31. The molecule has 0 aromatic carbocycles. The summed E-state index contributed by atoms with van der Waals surface area (Å²) >= 11 is 0. The van der Waals surface area contributed by atoms with Crippen LogP contribution in [0.3, 0.4) is 0 Å². The number of carbonyl (C=O) groups is 3. The summed E-state index contributed by atoms with van der Waals surface area (Å²) in [6, 6.07) is 0.